The van der Waals surface area contributed by atoms with Gasteiger partial charge in [0.15, 0.2) is 0 Å². The van der Waals surface area contributed by atoms with Crippen molar-refractivity contribution in [3.05, 3.63) is 42.0 Å². The second-order valence-corrected chi connectivity index (χ2v) is 3.68. The van der Waals surface area contributed by atoms with Gasteiger partial charge in [0.2, 0.25) is 0 Å². The molecule has 0 atom stereocenters. The molecule has 0 aliphatic rings. The Morgan fingerprint density at radius 2 is 1.88 bits per heavy atom. The lowest BCUT2D eigenvalue weighted by atomic mass is 10.1. The van der Waals surface area contributed by atoms with Gasteiger partial charge in [-0.05, 0) is 24.1 Å². The first-order valence-electron chi connectivity index (χ1n) is 5.32. The molecular formula is C13H15NO3. The number of hydrogen-bond donors (Lipinski definition) is 2. The SMILES string of the molecule is C=C(CC(=O)O)C(=O)Nc1ccc(CC)cc1. The quantitative estimate of drug-likeness (QED) is 0.766. The van der Waals surface area contributed by atoms with E-state index in [0.717, 1.165) is 6.42 Å². The van der Waals surface area contributed by atoms with Gasteiger partial charge < -0.3 is 10.4 Å². The Bertz CT molecular complexity index is 434. The highest BCUT2D eigenvalue weighted by Gasteiger charge is 2.10. The van der Waals surface area contributed by atoms with Crippen molar-refractivity contribution in [2.24, 2.45) is 0 Å². The molecule has 4 heteroatoms. The highest BCUT2D eigenvalue weighted by molar-refractivity contribution is 6.05. The highest BCUT2D eigenvalue weighted by Crippen LogP contribution is 2.11. The minimum atomic E-state index is -1.06. The van der Waals surface area contributed by atoms with Crippen LogP contribution in [0.5, 0.6) is 0 Å². The van der Waals surface area contributed by atoms with Crippen LogP contribution in [0.4, 0.5) is 5.69 Å². The van der Waals surface area contributed by atoms with Gasteiger partial charge in [0, 0.05) is 11.3 Å². The lowest BCUT2D eigenvalue weighted by Crippen LogP contribution is -2.15. The molecule has 0 spiro atoms. The summed E-state index contributed by atoms with van der Waals surface area (Å²) in [5.74, 6) is -1.52. The Labute approximate surface area is 100.0 Å². The van der Waals surface area contributed by atoms with Crippen LogP contribution in [0, 0.1) is 0 Å². The maximum absolute atomic E-state index is 11.5. The molecule has 0 aromatic heterocycles. The fraction of sp³-hybridized carbons (Fsp3) is 0.231. The summed E-state index contributed by atoms with van der Waals surface area (Å²) in [6, 6.07) is 7.39. The maximum Gasteiger partial charge on any atom is 0.308 e. The average molecular weight is 233 g/mol. The summed E-state index contributed by atoms with van der Waals surface area (Å²) in [6.45, 7) is 5.48. The van der Waals surface area contributed by atoms with Crippen LogP contribution >= 0.6 is 0 Å². The highest BCUT2D eigenvalue weighted by atomic mass is 16.4. The van der Waals surface area contributed by atoms with Crippen LogP contribution in [0.1, 0.15) is 18.9 Å². The van der Waals surface area contributed by atoms with E-state index in [0.29, 0.717) is 5.69 Å². The number of nitrogens with one attached hydrogen (secondary N) is 1. The number of aliphatic carboxylic acids is 1. The lowest BCUT2D eigenvalue weighted by Gasteiger charge is -2.06. The van der Waals surface area contributed by atoms with E-state index in [1.54, 1.807) is 12.1 Å². The van der Waals surface area contributed by atoms with Gasteiger partial charge in [0.05, 0.1) is 6.42 Å². The number of anilines is 1. The van der Waals surface area contributed by atoms with Crippen molar-refractivity contribution in [1.82, 2.24) is 0 Å². The molecule has 0 aliphatic carbocycles. The van der Waals surface area contributed by atoms with Crippen LogP contribution in [0.15, 0.2) is 36.4 Å². The molecule has 0 saturated carbocycles. The van der Waals surface area contributed by atoms with E-state index in [1.165, 1.54) is 5.56 Å². The second-order valence-electron chi connectivity index (χ2n) is 3.68. The first kappa shape index (κ1) is 13.0. The molecule has 0 aliphatic heterocycles. The van der Waals surface area contributed by atoms with Gasteiger partial charge in [-0.1, -0.05) is 25.6 Å². The summed E-state index contributed by atoms with van der Waals surface area (Å²) < 4.78 is 0. The van der Waals surface area contributed by atoms with E-state index in [1.807, 2.05) is 19.1 Å². The summed E-state index contributed by atoms with van der Waals surface area (Å²) in [5, 5.41) is 11.1. The zero-order valence-corrected chi connectivity index (χ0v) is 9.69. The molecule has 1 rings (SSSR count). The molecule has 0 unspecified atom stereocenters. The number of amides is 1. The number of hydrogen-bond acceptors (Lipinski definition) is 2. The number of aryl methyl sites for hydroxylation is 1. The minimum Gasteiger partial charge on any atom is -0.481 e. The molecule has 1 aromatic carbocycles. The van der Waals surface area contributed by atoms with Crippen LogP contribution < -0.4 is 5.32 Å². The predicted molar refractivity (Wildman–Crippen MR) is 65.8 cm³/mol. The van der Waals surface area contributed by atoms with Crippen molar-refractivity contribution in [1.29, 1.82) is 0 Å². The summed E-state index contributed by atoms with van der Waals surface area (Å²) in [6.07, 6.45) is 0.582. The fourth-order valence-electron chi connectivity index (χ4n) is 1.31. The zero-order chi connectivity index (χ0) is 12.8. The van der Waals surface area contributed by atoms with Crippen LogP contribution in [0.3, 0.4) is 0 Å². The standard InChI is InChI=1S/C13H15NO3/c1-3-10-4-6-11(7-5-10)14-13(17)9(2)8-12(15)16/h4-7H,2-3,8H2,1H3,(H,14,17)(H,15,16). The van der Waals surface area contributed by atoms with Crippen LogP contribution in [0.2, 0.25) is 0 Å². The number of carbonyl (C=O) groups is 2. The monoisotopic (exact) mass is 233 g/mol. The third kappa shape index (κ3) is 4.10. The van der Waals surface area contributed by atoms with Gasteiger partial charge in [0.1, 0.15) is 0 Å². The van der Waals surface area contributed by atoms with Crippen molar-refractivity contribution in [2.45, 2.75) is 19.8 Å². The van der Waals surface area contributed by atoms with Crippen molar-refractivity contribution >= 4 is 17.6 Å². The summed E-state index contributed by atoms with van der Waals surface area (Å²) in [5.41, 5.74) is 1.85. The minimum absolute atomic E-state index is 0.0390. The van der Waals surface area contributed by atoms with Gasteiger partial charge in [-0.2, -0.15) is 0 Å². The number of benzene rings is 1. The van der Waals surface area contributed by atoms with Crippen LogP contribution in [-0.2, 0) is 16.0 Å². The Morgan fingerprint density at radius 1 is 1.29 bits per heavy atom. The molecule has 1 aromatic rings. The zero-order valence-electron chi connectivity index (χ0n) is 9.69. The normalized spacial score (nSPS) is 9.71. The Kier molecular flexibility index (Phi) is 4.46. The number of rotatable bonds is 5. The van der Waals surface area contributed by atoms with Crippen molar-refractivity contribution < 1.29 is 14.7 Å². The smallest absolute Gasteiger partial charge is 0.308 e. The predicted octanol–water partition coefficient (Wildman–Crippen LogP) is 2.22. The van der Waals surface area contributed by atoms with E-state index >= 15 is 0 Å². The van der Waals surface area contributed by atoms with E-state index in [2.05, 4.69) is 11.9 Å². The molecule has 0 saturated heterocycles. The van der Waals surface area contributed by atoms with Gasteiger partial charge in [0.25, 0.3) is 5.91 Å². The van der Waals surface area contributed by atoms with E-state index < -0.39 is 11.9 Å². The molecule has 4 nitrogen and oxygen atoms in total. The molecule has 90 valence electrons. The molecule has 0 bridgehead atoms. The van der Waals surface area contributed by atoms with Gasteiger partial charge >= 0.3 is 5.97 Å². The van der Waals surface area contributed by atoms with Crippen LogP contribution in [-0.4, -0.2) is 17.0 Å². The Morgan fingerprint density at radius 3 is 2.35 bits per heavy atom. The molecule has 0 fully saturated rings. The molecule has 0 heterocycles. The molecule has 17 heavy (non-hydrogen) atoms. The maximum atomic E-state index is 11.5. The van der Waals surface area contributed by atoms with E-state index in [9.17, 15) is 9.59 Å². The molecule has 0 radical (unpaired) electrons. The summed E-state index contributed by atoms with van der Waals surface area (Å²) in [4.78, 5) is 21.9. The Balaban J connectivity index is 2.61. The molecule has 1 amide bonds. The van der Waals surface area contributed by atoms with Gasteiger partial charge in [-0.3, -0.25) is 9.59 Å². The molecular weight excluding hydrogens is 218 g/mol. The van der Waals surface area contributed by atoms with Crippen molar-refractivity contribution in [3.63, 3.8) is 0 Å². The third-order valence-electron chi connectivity index (χ3n) is 2.31. The van der Waals surface area contributed by atoms with Crippen molar-refractivity contribution in [3.8, 4) is 0 Å². The number of carbonyl (C=O) groups excluding carboxylic acids is 1. The topological polar surface area (TPSA) is 66.4 Å². The van der Waals surface area contributed by atoms with Crippen molar-refractivity contribution in [2.75, 3.05) is 5.32 Å². The average Bonchev–Trinajstić information content (AvgIpc) is 2.29. The first-order valence-corrected chi connectivity index (χ1v) is 5.32. The second kappa shape index (κ2) is 5.84. The van der Waals surface area contributed by atoms with Gasteiger partial charge in [-0.25, -0.2) is 0 Å². The van der Waals surface area contributed by atoms with Crippen LogP contribution in [0.25, 0.3) is 0 Å². The molecule has 2 N–H and O–H groups in total. The summed E-state index contributed by atoms with van der Waals surface area (Å²) >= 11 is 0. The largest absolute Gasteiger partial charge is 0.481 e. The van der Waals surface area contributed by atoms with E-state index in [4.69, 9.17) is 5.11 Å². The Hall–Kier alpha value is -2.10. The first-order chi connectivity index (χ1) is 8.02. The third-order valence-corrected chi connectivity index (χ3v) is 2.31. The van der Waals surface area contributed by atoms with E-state index in [-0.39, 0.29) is 12.0 Å². The number of carboxylic acids is 1. The lowest BCUT2D eigenvalue weighted by molar-refractivity contribution is -0.136. The van der Waals surface area contributed by atoms with Gasteiger partial charge in [-0.15, -0.1) is 0 Å². The number of carboxylic acid groups (broad SMARTS) is 1. The fourth-order valence-corrected chi connectivity index (χ4v) is 1.31. The summed E-state index contributed by atoms with van der Waals surface area (Å²) in [7, 11) is 0.